The molecule has 0 amide bonds. The molecule has 3 saturated carbocycles. The van der Waals surface area contributed by atoms with Crippen molar-refractivity contribution >= 4 is 0 Å². The smallest absolute Gasteiger partial charge is 0.000947 e. The minimum atomic E-state index is 1.01. The molecule has 2 nitrogen and oxygen atoms in total. The molecule has 6 atom stereocenters. The van der Waals surface area contributed by atoms with Gasteiger partial charge in [0.15, 0.2) is 0 Å². The van der Waals surface area contributed by atoms with Crippen LogP contribution in [0.4, 0.5) is 0 Å². The molecule has 0 N–H and O–H groups in total. The van der Waals surface area contributed by atoms with Crippen molar-refractivity contribution in [1.29, 1.82) is 0 Å². The second-order valence-corrected chi connectivity index (χ2v) is 10.9. The van der Waals surface area contributed by atoms with Crippen LogP contribution >= 0.6 is 0 Å². The molecule has 0 heterocycles. The van der Waals surface area contributed by atoms with Crippen molar-refractivity contribution in [2.24, 2.45) is 35.5 Å². The van der Waals surface area contributed by atoms with E-state index in [0.717, 1.165) is 35.5 Å². The summed E-state index contributed by atoms with van der Waals surface area (Å²) in [5.74, 6) is 6.36. The van der Waals surface area contributed by atoms with Crippen LogP contribution in [0, 0.1) is 35.5 Å². The van der Waals surface area contributed by atoms with Crippen LogP contribution in [0.3, 0.4) is 0 Å². The van der Waals surface area contributed by atoms with Crippen LogP contribution in [0.2, 0.25) is 0 Å². The van der Waals surface area contributed by atoms with E-state index < -0.39 is 0 Å². The van der Waals surface area contributed by atoms with Gasteiger partial charge in [-0.25, -0.2) is 0 Å². The quantitative estimate of drug-likeness (QED) is 0.321. The second-order valence-electron chi connectivity index (χ2n) is 10.9. The van der Waals surface area contributed by atoms with E-state index in [1.165, 1.54) is 84.0 Å². The largest absolute Gasteiger partial charge is 0.306 e. The zero-order valence-corrected chi connectivity index (χ0v) is 19.7. The first-order valence-corrected chi connectivity index (χ1v) is 13.0. The predicted molar refractivity (Wildman–Crippen MR) is 123 cm³/mol. The van der Waals surface area contributed by atoms with Crippen LogP contribution < -0.4 is 0 Å². The highest BCUT2D eigenvalue weighted by molar-refractivity contribution is 5.06. The van der Waals surface area contributed by atoms with E-state index in [0.29, 0.717) is 0 Å². The van der Waals surface area contributed by atoms with Gasteiger partial charge in [0.05, 0.1) is 0 Å². The Bertz CT molecular complexity index is 436. The maximum Gasteiger partial charge on any atom is 0.000947 e. The summed E-state index contributed by atoms with van der Waals surface area (Å²) < 4.78 is 0. The van der Waals surface area contributed by atoms with Crippen molar-refractivity contribution in [3.63, 3.8) is 0 Å². The summed E-state index contributed by atoms with van der Waals surface area (Å²) in [7, 11) is 4.79. The standard InChI is InChI=1S/C26H50N2/c1-5-7-9-11-15-27(3)19-21-13-14-24-22-17-23(25(18-22)26(21)24)20-28(4)16-12-10-8-6-2/h21-26H,5-20H2,1-4H3. The lowest BCUT2D eigenvalue weighted by Gasteiger charge is -2.37. The number of hydrogen-bond donors (Lipinski definition) is 0. The molecule has 3 fully saturated rings. The molecule has 2 heteroatoms. The Hall–Kier alpha value is -0.0800. The minimum Gasteiger partial charge on any atom is -0.306 e. The van der Waals surface area contributed by atoms with E-state index in [2.05, 4.69) is 37.7 Å². The summed E-state index contributed by atoms with van der Waals surface area (Å²) in [6.07, 6.45) is 17.4. The van der Waals surface area contributed by atoms with Crippen LogP contribution in [0.5, 0.6) is 0 Å². The first kappa shape index (κ1) is 22.6. The van der Waals surface area contributed by atoms with E-state index in [9.17, 15) is 0 Å². The van der Waals surface area contributed by atoms with E-state index in [-0.39, 0.29) is 0 Å². The molecule has 164 valence electrons. The van der Waals surface area contributed by atoms with Gasteiger partial charge in [0.2, 0.25) is 0 Å². The van der Waals surface area contributed by atoms with Gasteiger partial charge in [-0.1, -0.05) is 52.4 Å². The van der Waals surface area contributed by atoms with Crippen molar-refractivity contribution in [2.45, 2.75) is 90.9 Å². The van der Waals surface area contributed by atoms with E-state index in [1.807, 2.05) is 0 Å². The SMILES string of the molecule is CCCCCCN(C)CC1CC2CC1C1C(CN(C)CCCCCC)CCC21. The van der Waals surface area contributed by atoms with Crippen LogP contribution in [-0.2, 0) is 0 Å². The molecular weight excluding hydrogens is 340 g/mol. The van der Waals surface area contributed by atoms with Gasteiger partial charge in [0.1, 0.15) is 0 Å². The highest BCUT2D eigenvalue weighted by atomic mass is 15.1. The predicted octanol–water partition coefficient (Wildman–Crippen LogP) is 6.31. The Kier molecular flexibility index (Phi) is 9.16. The first-order valence-electron chi connectivity index (χ1n) is 13.0. The molecule has 0 aromatic carbocycles. The van der Waals surface area contributed by atoms with Gasteiger partial charge in [-0.05, 0) is 101 Å². The summed E-state index contributed by atoms with van der Waals surface area (Å²) in [4.78, 5) is 5.36. The van der Waals surface area contributed by atoms with Crippen LogP contribution in [-0.4, -0.2) is 50.1 Å². The molecule has 0 aliphatic heterocycles. The van der Waals surface area contributed by atoms with Gasteiger partial charge in [-0.3, -0.25) is 0 Å². The van der Waals surface area contributed by atoms with Gasteiger partial charge >= 0.3 is 0 Å². The van der Waals surface area contributed by atoms with Gasteiger partial charge in [0, 0.05) is 13.1 Å². The highest BCUT2D eigenvalue weighted by Gasteiger charge is 2.56. The lowest BCUT2D eigenvalue weighted by Crippen LogP contribution is -2.38. The van der Waals surface area contributed by atoms with Gasteiger partial charge in [-0.2, -0.15) is 0 Å². The Morgan fingerprint density at radius 2 is 1.25 bits per heavy atom. The van der Waals surface area contributed by atoms with Crippen molar-refractivity contribution in [1.82, 2.24) is 9.80 Å². The molecule has 0 radical (unpaired) electrons. The molecule has 3 aliphatic rings. The lowest BCUT2D eigenvalue weighted by molar-refractivity contribution is 0.107. The van der Waals surface area contributed by atoms with Crippen molar-refractivity contribution < 1.29 is 0 Å². The summed E-state index contributed by atoms with van der Waals surface area (Å²) in [6, 6.07) is 0. The molecule has 0 spiro atoms. The number of hydrogen-bond acceptors (Lipinski definition) is 2. The topological polar surface area (TPSA) is 6.48 Å². The Morgan fingerprint density at radius 3 is 1.86 bits per heavy atom. The number of unbranched alkanes of at least 4 members (excludes halogenated alkanes) is 6. The Morgan fingerprint density at radius 1 is 0.643 bits per heavy atom. The lowest BCUT2D eigenvalue weighted by atomic mass is 9.72. The van der Waals surface area contributed by atoms with Crippen molar-refractivity contribution in [3.05, 3.63) is 0 Å². The maximum atomic E-state index is 2.68. The second kappa shape index (κ2) is 11.3. The number of rotatable bonds is 14. The number of fused-ring (bicyclic) bond motifs is 5. The van der Waals surface area contributed by atoms with Crippen LogP contribution in [0.15, 0.2) is 0 Å². The fourth-order valence-corrected chi connectivity index (χ4v) is 7.40. The van der Waals surface area contributed by atoms with Crippen LogP contribution in [0.25, 0.3) is 0 Å². The third-order valence-electron chi connectivity index (χ3n) is 8.67. The average molecular weight is 391 g/mol. The molecule has 3 aliphatic carbocycles. The summed E-state index contributed by atoms with van der Waals surface area (Å²) in [5, 5.41) is 0. The van der Waals surface area contributed by atoms with E-state index in [1.54, 1.807) is 19.3 Å². The molecule has 3 rings (SSSR count). The third-order valence-corrected chi connectivity index (χ3v) is 8.67. The normalized spacial score (nSPS) is 34.1. The van der Waals surface area contributed by atoms with Gasteiger partial charge in [0.25, 0.3) is 0 Å². The van der Waals surface area contributed by atoms with E-state index >= 15 is 0 Å². The van der Waals surface area contributed by atoms with Gasteiger partial charge < -0.3 is 9.80 Å². The molecule has 0 saturated heterocycles. The summed E-state index contributed by atoms with van der Waals surface area (Å²) in [5.41, 5.74) is 0. The van der Waals surface area contributed by atoms with Crippen molar-refractivity contribution in [3.8, 4) is 0 Å². The van der Waals surface area contributed by atoms with Crippen molar-refractivity contribution in [2.75, 3.05) is 40.3 Å². The first-order chi connectivity index (χ1) is 13.6. The molecule has 2 bridgehead atoms. The zero-order chi connectivity index (χ0) is 19.9. The molecule has 6 unspecified atom stereocenters. The monoisotopic (exact) mass is 390 g/mol. The zero-order valence-electron chi connectivity index (χ0n) is 19.7. The molecule has 0 aromatic heterocycles. The molecule has 28 heavy (non-hydrogen) atoms. The average Bonchev–Trinajstić information content (AvgIpc) is 3.35. The van der Waals surface area contributed by atoms with Gasteiger partial charge in [-0.15, -0.1) is 0 Å². The number of nitrogens with zero attached hydrogens (tertiary/aromatic N) is 2. The fraction of sp³-hybridized carbons (Fsp3) is 1.00. The fourth-order valence-electron chi connectivity index (χ4n) is 7.40. The molecular formula is C26H50N2. The Labute approximate surface area is 176 Å². The Balaban J connectivity index is 1.43. The summed E-state index contributed by atoms with van der Waals surface area (Å²) >= 11 is 0. The minimum absolute atomic E-state index is 1.01. The third kappa shape index (κ3) is 5.75. The molecule has 0 aromatic rings. The van der Waals surface area contributed by atoms with Crippen LogP contribution in [0.1, 0.15) is 90.9 Å². The highest BCUT2D eigenvalue weighted by Crippen LogP contribution is 2.62. The maximum absolute atomic E-state index is 2.68. The summed E-state index contributed by atoms with van der Waals surface area (Å²) in [6.45, 7) is 10.1. The van der Waals surface area contributed by atoms with E-state index in [4.69, 9.17) is 0 Å².